The molecule has 0 heterocycles. The monoisotopic (exact) mass is 724 g/mol. The van der Waals surface area contributed by atoms with Crippen molar-refractivity contribution in [2.24, 2.45) is 17.3 Å². The third-order valence-electron chi connectivity index (χ3n) is 10.5. The topological polar surface area (TPSA) is 136 Å². The normalized spacial score (nSPS) is 14.9. The van der Waals surface area contributed by atoms with Gasteiger partial charge in [0.2, 0.25) is 11.8 Å². The van der Waals surface area contributed by atoms with E-state index in [0.717, 1.165) is 0 Å². The molecule has 1 aliphatic rings. The molecule has 1 aliphatic carbocycles. The Labute approximate surface area is 312 Å². The van der Waals surface area contributed by atoms with Crippen LogP contribution >= 0.6 is 0 Å². The molecule has 2 atom stereocenters. The van der Waals surface area contributed by atoms with Gasteiger partial charge in [-0.2, -0.15) is 0 Å². The van der Waals surface area contributed by atoms with E-state index < -0.39 is 40.5 Å². The first-order chi connectivity index (χ1) is 25.3. The minimum atomic E-state index is -1.84. The number of hydrogen-bond acceptors (Lipinski definition) is 8. The van der Waals surface area contributed by atoms with Gasteiger partial charge in [0, 0.05) is 22.3 Å². The molecule has 0 aromatic heterocycles. The quantitative estimate of drug-likeness (QED) is 0.104. The average molecular weight is 725 g/mol. The molecule has 0 radical (unpaired) electrons. The summed E-state index contributed by atoms with van der Waals surface area (Å²) in [5.74, 6) is -0.0322. The van der Waals surface area contributed by atoms with Gasteiger partial charge in [0.15, 0.2) is 0 Å². The van der Waals surface area contributed by atoms with E-state index in [1.54, 1.807) is 97.1 Å². The number of rotatable bonds is 16. The molecular formula is C43H52N2O8. The number of methoxy groups -OCH3 is 4. The van der Waals surface area contributed by atoms with Crippen molar-refractivity contribution in [3.05, 3.63) is 119 Å². The Morgan fingerprint density at radius 2 is 0.774 bits per heavy atom. The van der Waals surface area contributed by atoms with Gasteiger partial charge < -0.3 is 39.8 Å². The highest BCUT2D eigenvalue weighted by molar-refractivity contribution is 6.08. The molecule has 282 valence electrons. The zero-order valence-electron chi connectivity index (χ0n) is 31.8. The van der Waals surface area contributed by atoms with Crippen LogP contribution in [-0.2, 0) is 20.8 Å². The molecule has 0 saturated heterocycles. The summed E-state index contributed by atoms with van der Waals surface area (Å²) in [5, 5.41) is 32.3. The summed E-state index contributed by atoms with van der Waals surface area (Å²) in [6.07, 6.45) is 0.563. The van der Waals surface area contributed by atoms with Gasteiger partial charge in [-0.05, 0) is 48.9 Å². The van der Waals surface area contributed by atoms with Crippen LogP contribution in [0.2, 0.25) is 0 Å². The number of para-hydroxylation sites is 4. The standard InChI is InChI=1S/C43H52N2O8/c1-27(2)37(42(48,29-17-9-13-21-33(29)50-5)30-18-10-14-22-34(30)51-6)44-39(46)41(25-26-41)40(47)45-38(28(3)4)43(49,31-19-11-15-23-35(31)52-7)32-20-12-16-24-36(32)53-8/h9-24,27-28,37-38,48-49H,25-26H2,1-8H3,(H,44,46)(H,45,47)/t37-,38-/m1/s1. The second-order valence-corrected chi connectivity index (χ2v) is 14.3. The Morgan fingerprint density at radius 3 is 0.981 bits per heavy atom. The average Bonchev–Trinajstić information content (AvgIpc) is 4.00. The van der Waals surface area contributed by atoms with Gasteiger partial charge in [-0.3, -0.25) is 9.59 Å². The van der Waals surface area contributed by atoms with Crippen LogP contribution in [0.3, 0.4) is 0 Å². The highest BCUT2D eigenvalue weighted by atomic mass is 16.5. The Hall–Kier alpha value is -5.06. The fourth-order valence-corrected chi connectivity index (χ4v) is 7.55. The van der Waals surface area contributed by atoms with E-state index in [1.165, 1.54) is 28.4 Å². The highest BCUT2D eigenvalue weighted by Crippen LogP contribution is 2.50. The van der Waals surface area contributed by atoms with Crippen molar-refractivity contribution in [1.29, 1.82) is 0 Å². The van der Waals surface area contributed by atoms with Crippen molar-refractivity contribution < 1.29 is 38.7 Å². The van der Waals surface area contributed by atoms with Crippen molar-refractivity contribution >= 4 is 11.8 Å². The van der Waals surface area contributed by atoms with Crippen LogP contribution in [0, 0.1) is 17.3 Å². The molecule has 0 bridgehead atoms. The number of nitrogens with one attached hydrogen (secondary N) is 2. The van der Waals surface area contributed by atoms with Gasteiger partial charge in [0.1, 0.15) is 39.6 Å². The molecule has 10 heteroatoms. The molecule has 0 spiro atoms. The zero-order valence-corrected chi connectivity index (χ0v) is 31.8. The number of carbonyl (C=O) groups is 2. The van der Waals surface area contributed by atoms with Gasteiger partial charge >= 0.3 is 0 Å². The summed E-state index contributed by atoms with van der Waals surface area (Å²) in [6.45, 7) is 7.59. The lowest BCUT2D eigenvalue weighted by atomic mass is 9.74. The maximum atomic E-state index is 14.6. The van der Waals surface area contributed by atoms with Crippen molar-refractivity contribution in [3.63, 3.8) is 0 Å². The molecule has 10 nitrogen and oxygen atoms in total. The Kier molecular flexibility index (Phi) is 11.7. The summed E-state index contributed by atoms with van der Waals surface area (Å²) in [4.78, 5) is 29.2. The molecule has 5 rings (SSSR count). The fraction of sp³-hybridized carbons (Fsp3) is 0.395. The van der Waals surface area contributed by atoms with E-state index in [9.17, 15) is 19.8 Å². The van der Waals surface area contributed by atoms with Gasteiger partial charge in [-0.1, -0.05) is 100 Å². The number of benzene rings is 4. The molecule has 53 heavy (non-hydrogen) atoms. The fourth-order valence-electron chi connectivity index (χ4n) is 7.55. The van der Waals surface area contributed by atoms with Crippen molar-refractivity contribution in [3.8, 4) is 23.0 Å². The van der Waals surface area contributed by atoms with Crippen LogP contribution in [0.1, 0.15) is 62.8 Å². The molecule has 0 aliphatic heterocycles. The van der Waals surface area contributed by atoms with E-state index in [2.05, 4.69) is 10.6 Å². The summed E-state index contributed by atoms with van der Waals surface area (Å²) >= 11 is 0. The molecular weight excluding hydrogens is 672 g/mol. The van der Waals surface area contributed by atoms with Crippen LogP contribution in [0.5, 0.6) is 23.0 Å². The second kappa shape index (κ2) is 15.9. The van der Waals surface area contributed by atoms with Gasteiger partial charge in [-0.25, -0.2) is 0 Å². The minimum absolute atomic E-state index is 0.282. The number of hydrogen-bond donors (Lipinski definition) is 4. The summed E-state index contributed by atoms with van der Waals surface area (Å²) in [6, 6.07) is 26.6. The molecule has 0 unspecified atom stereocenters. The van der Waals surface area contributed by atoms with Crippen molar-refractivity contribution in [2.75, 3.05) is 28.4 Å². The molecule has 4 aromatic carbocycles. The Balaban J connectivity index is 1.57. The molecule has 4 aromatic rings. The minimum Gasteiger partial charge on any atom is -0.496 e. The van der Waals surface area contributed by atoms with Crippen LogP contribution in [0.4, 0.5) is 0 Å². The van der Waals surface area contributed by atoms with E-state index in [1.807, 2.05) is 27.7 Å². The Bertz CT molecular complexity index is 1670. The molecule has 4 N–H and O–H groups in total. The third kappa shape index (κ3) is 7.05. The Morgan fingerprint density at radius 1 is 0.528 bits per heavy atom. The van der Waals surface area contributed by atoms with Crippen molar-refractivity contribution in [1.82, 2.24) is 10.6 Å². The summed E-state index contributed by atoms with van der Waals surface area (Å²) < 4.78 is 22.9. The van der Waals surface area contributed by atoms with Crippen molar-refractivity contribution in [2.45, 2.75) is 63.8 Å². The first-order valence-corrected chi connectivity index (χ1v) is 18.0. The predicted molar refractivity (Wildman–Crippen MR) is 203 cm³/mol. The molecule has 1 fully saturated rings. The summed E-state index contributed by atoms with van der Waals surface area (Å²) in [7, 11) is 6.10. The largest absolute Gasteiger partial charge is 0.496 e. The number of carbonyl (C=O) groups excluding carboxylic acids is 2. The SMILES string of the molecule is COc1ccccc1C(O)(c1ccccc1OC)[C@H](NC(=O)C1(C(=O)N[C@H](C(C)C)C(O)(c2ccccc2OC)c2ccccc2OC)CC1)C(C)C. The van der Waals surface area contributed by atoms with Crippen LogP contribution in [-0.4, -0.2) is 62.6 Å². The first-order valence-electron chi connectivity index (χ1n) is 18.0. The molecule has 2 amide bonds. The number of aliphatic hydroxyl groups is 2. The third-order valence-corrected chi connectivity index (χ3v) is 10.5. The summed E-state index contributed by atoms with van der Waals surface area (Å²) in [5.41, 5.74) is -3.42. The smallest absolute Gasteiger partial charge is 0.236 e. The lowest BCUT2D eigenvalue weighted by molar-refractivity contribution is -0.141. The van der Waals surface area contributed by atoms with Crippen LogP contribution in [0.25, 0.3) is 0 Å². The zero-order chi connectivity index (χ0) is 38.6. The van der Waals surface area contributed by atoms with Crippen LogP contribution in [0.15, 0.2) is 97.1 Å². The lowest BCUT2D eigenvalue weighted by Gasteiger charge is -2.42. The van der Waals surface area contributed by atoms with Crippen LogP contribution < -0.4 is 29.6 Å². The van der Waals surface area contributed by atoms with E-state index in [4.69, 9.17) is 18.9 Å². The molecule has 1 saturated carbocycles. The lowest BCUT2D eigenvalue weighted by Crippen LogP contribution is -2.60. The van der Waals surface area contributed by atoms with E-state index in [-0.39, 0.29) is 24.7 Å². The van der Waals surface area contributed by atoms with Gasteiger partial charge in [-0.15, -0.1) is 0 Å². The van der Waals surface area contributed by atoms with E-state index in [0.29, 0.717) is 45.3 Å². The second-order valence-electron chi connectivity index (χ2n) is 14.3. The first kappa shape index (κ1) is 39.2. The van der Waals surface area contributed by atoms with E-state index >= 15 is 0 Å². The van der Waals surface area contributed by atoms with Gasteiger partial charge in [0.05, 0.1) is 40.5 Å². The van der Waals surface area contributed by atoms with Gasteiger partial charge in [0.25, 0.3) is 0 Å². The predicted octanol–water partition coefficient (Wildman–Crippen LogP) is 5.95. The maximum absolute atomic E-state index is 14.6. The maximum Gasteiger partial charge on any atom is 0.236 e. The number of amides is 2. The highest BCUT2D eigenvalue weighted by Gasteiger charge is 2.60. The number of ether oxygens (including phenoxy) is 4.